The first-order valence-corrected chi connectivity index (χ1v) is 5.31. The molecule has 0 unspecified atom stereocenters. The van der Waals surface area contributed by atoms with Crippen molar-refractivity contribution < 1.29 is 9.21 Å². The maximum Gasteiger partial charge on any atom is 0.197 e. The summed E-state index contributed by atoms with van der Waals surface area (Å²) < 4.78 is 5.08. The Bertz CT molecular complexity index is 482. The minimum absolute atomic E-state index is 0.0357. The average Bonchev–Trinajstić information content (AvgIpc) is 2.84. The molecule has 0 atom stereocenters. The summed E-state index contributed by atoms with van der Waals surface area (Å²) in [6.07, 6.45) is 4.73. The molecule has 2 aromatic heterocycles. The molecule has 4 heteroatoms. The maximum absolute atomic E-state index is 11.7. The summed E-state index contributed by atoms with van der Waals surface area (Å²) in [5.74, 6) is 0.636. The zero-order chi connectivity index (χ0) is 10.7. The van der Waals surface area contributed by atoms with Crippen molar-refractivity contribution in [2.75, 3.05) is 0 Å². The highest BCUT2D eigenvalue weighted by Crippen LogP contribution is 2.14. The highest BCUT2D eigenvalue weighted by molar-refractivity contribution is 7.12. The number of ketones is 1. The fourth-order valence-corrected chi connectivity index (χ4v) is 1.88. The van der Waals surface area contributed by atoms with Gasteiger partial charge >= 0.3 is 0 Å². The molecule has 0 aliphatic heterocycles. The van der Waals surface area contributed by atoms with Gasteiger partial charge in [-0.1, -0.05) is 0 Å². The lowest BCUT2D eigenvalue weighted by molar-refractivity contribution is 0.105. The number of allylic oxidation sites excluding steroid dienone is 1. The number of aryl methyl sites for hydroxylation is 1. The van der Waals surface area contributed by atoms with Gasteiger partial charge in [-0.15, -0.1) is 11.3 Å². The summed E-state index contributed by atoms with van der Waals surface area (Å²) in [5, 5.41) is 0. The number of hydrogen-bond acceptors (Lipinski definition) is 4. The Morgan fingerprint density at radius 3 is 3.07 bits per heavy atom. The van der Waals surface area contributed by atoms with E-state index in [-0.39, 0.29) is 5.78 Å². The maximum atomic E-state index is 11.7. The summed E-state index contributed by atoms with van der Waals surface area (Å²) >= 11 is 1.35. The number of nitrogens with zero attached hydrogens (tertiary/aromatic N) is 1. The van der Waals surface area contributed by atoms with Crippen LogP contribution in [-0.2, 0) is 0 Å². The van der Waals surface area contributed by atoms with Gasteiger partial charge in [0, 0.05) is 0 Å². The van der Waals surface area contributed by atoms with E-state index in [1.54, 1.807) is 30.0 Å². The molecule has 15 heavy (non-hydrogen) atoms. The van der Waals surface area contributed by atoms with Gasteiger partial charge < -0.3 is 4.42 Å². The second-order valence-electron chi connectivity index (χ2n) is 2.98. The lowest BCUT2D eigenvalue weighted by Crippen LogP contribution is -1.92. The molecule has 0 aromatic carbocycles. The van der Waals surface area contributed by atoms with Crippen LogP contribution >= 0.6 is 11.3 Å². The Hall–Kier alpha value is -1.68. The van der Waals surface area contributed by atoms with E-state index in [4.69, 9.17) is 4.42 Å². The molecule has 3 nitrogen and oxygen atoms in total. The van der Waals surface area contributed by atoms with Gasteiger partial charge in [-0.2, -0.15) is 0 Å². The van der Waals surface area contributed by atoms with Crippen LogP contribution in [0.4, 0.5) is 0 Å². The summed E-state index contributed by atoms with van der Waals surface area (Å²) in [5.41, 5.74) is 2.44. The van der Waals surface area contributed by atoms with E-state index in [1.165, 1.54) is 17.4 Å². The van der Waals surface area contributed by atoms with Crippen LogP contribution in [0.15, 0.2) is 34.4 Å². The molecule has 0 radical (unpaired) electrons. The topological polar surface area (TPSA) is 43.1 Å². The molecule has 2 heterocycles. The molecule has 0 N–H and O–H groups in total. The highest BCUT2D eigenvalue weighted by Gasteiger charge is 2.07. The first-order valence-electron chi connectivity index (χ1n) is 4.43. The zero-order valence-electron chi connectivity index (χ0n) is 8.14. The van der Waals surface area contributed by atoms with Crippen LogP contribution in [-0.4, -0.2) is 10.8 Å². The molecule has 76 valence electrons. The van der Waals surface area contributed by atoms with Gasteiger partial charge in [0.25, 0.3) is 0 Å². The quantitative estimate of drug-likeness (QED) is 0.588. The molecule has 0 spiro atoms. The largest absolute Gasteiger partial charge is 0.465 e. The van der Waals surface area contributed by atoms with Crippen molar-refractivity contribution in [1.82, 2.24) is 4.98 Å². The van der Waals surface area contributed by atoms with Crippen LogP contribution in [0.25, 0.3) is 6.08 Å². The van der Waals surface area contributed by atoms with Gasteiger partial charge in [-0.3, -0.25) is 4.79 Å². The molecular weight excluding hydrogens is 210 g/mol. The first-order chi connectivity index (χ1) is 7.27. The van der Waals surface area contributed by atoms with E-state index in [1.807, 2.05) is 6.92 Å². The Kier molecular flexibility index (Phi) is 2.78. The van der Waals surface area contributed by atoms with Gasteiger partial charge in [-0.25, -0.2) is 4.98 Å². The van der Waals surface area contributed by atoms with E-state index >= 15 is 0 Å². The average molecular weight is 219 g/mol. The van der Waals surface area contributed by atoms with Gasteiger partial charge in [0.1, 0.15) is 5.76 Å². The van der Waals surface area contributed by atoms with E-state index in [2.05, 4.69) is 4.98 Å². The summed E-state index contributed by atoms with van der Waals surface area (Å²) in [6.45, 7) is 1.82. The zero-order valence-corrected chi connectivity index (χ0v) is 8.95. The molecule has 0 saturated heterocycles. The molecule has 0 aliphatic rings. The van der Waals surface area contributed by atoms with Crippen LogP contribution in [0.1, 0.15) is 21.1 Å². The van der Waals surface area contributed by atoms with Gasteiger partial charge in [0.2, 0.25) is 0 Å². The normalized spacial score (nSPS) is 11.0. The van der Waals surface area contributed by atoms with Crippen LogP contribution in [0, 0.1) is 6.92 Å². The fraction of sp³-hybridized carbons (Fsp3) is 0.0909. The molecular formula is C11H9NO2S. The fourth-order valence-electron chi connectivity index (χ4n) is 1.16. The minimum atomic E-state index is -0.0357. The third kappa shape index (κ3) is 2.22. The Morgan fingerprint density at radius 1 is 1.60 bits per heavy atom. The highest BCUT2D eigenvalue weighted by atomic mass is 32.1. The van der Waals surface area contributed by atoms with Crippen molar-refractivity contribution in [2.24, 2.45) is 0 Å². The SMILES string of the molecule is Cc1ncsc1C(=O)C=Cc1ccco1. The summed E-state index contributed by atoms with van der Waals surface area (Å²) in [6, 6.07) is 3.57. The molecule has 2 rings (SSSR count). The van der Waals surface area contributed by atoms with Crippen LogP contribution in [0.2, 0.25) is 0 Å². The summed E-state index contributed by atoms with van der Waals surface area (Å²) in [4.78, 5) is 16.4. The standard InChI is InChI=1S/C11H9NO2S/c1-8-11(15-7-12-8)10(13)5-4-9-3-2-6-14-9/h2-7H,1H3. The van der Waals surface area contributed by atoms with Crippen molar-refractivity contribution in [3.63, 3.8) is 0 Å². The van der Waals surface area contributed by atoms with Crippen LogP contribution < -0.4 is 0 Å². The number of carbonyl (C=O) groups excluding carboxylic acids is 1. The predicted octanol–water partition coefficient (Wildman–Crippen LogP) is 2.94. The Balaban J connectivity index is 2.14. The van der Waals surface area contributed by atoms with Crippen molar-refractivity contribution in [2.45, 2.75) is 6.92 Å². The second-order valence-corrected chi connectivity index (χ2v) is 3.83. The molecule has 0 fully saturated rings. The third-order valence-electron chi connectivity index (χ3n) is 1.91. The van der Waals surface area contributed by atoms with E-state index in [9.17, 15) is 4.79 Å². The molecule has 0 amide bonds. The number of rotatable bonds is 3. The number of hydrogen-bond donors (Lipinski definition) is 0. The predicted molar refractivity (Wildman–Crippen MR) is 58.9 cm³/mol. The van der Waals surface area contributed by atoms with Crippen molar-refractivity contribution in [3.8, 4) is 0 Å². The van der Waals surface area contributed by atoms with E-state index < -0.39 is 0 Å². The number of thiazole rings is 1. The number of carbonyl (C=O) groups is 1. The van der Waals surface area contributed by atoms with Crippen LogP contribution in [0.5, 0.6) is 0 Å². The Morgan fingerprint density at radius 2 is 2.47 bits per heavy atom. The lowest BCUT2D eigenvalue weighted by atomic mass is 10.2. The lowest BCUT2D eigenvalue weighted by Gasteiger charge is -1.90. The van der Waals surface area contributed by atoms with E-state index in [0.717, 1.165) is 5.69 Å². The Labute approximate surface area is 91.1 Å². The van der Waals surface area contributed by atoms with Gasteiger partial charge in [0.05, 0.1) is 22.3 Å². The van der Waals surface area contributed by atoms with Crippen LogP contribution in [0.3, 0.4) is 0 Å². The van der Waals surface area contributed by atoms with Gasteiger partial charge in [0.15, 0.2) is 5.78 Å². The number of furan rings is 1. The smallest absolute Gasteiger partial charge is 0.197 e. The second kappa shape index (κ2) is 4.23. The molecule has 0 aliphatic carbocycles. The minimum Gasteiger partial charge on any atom is -0.465 e. The molecule has 0 bridgehead atoms. The molecule has 0 saturated carbocycles. The molecule has 2 aromatic rings. The van der Waals surface area contributed by atoms with Gasteiger partial charge in [-0.05, 0) is 31.2 Å². The number of aromatic nitrogens is 1. The monoisotopic (exact) mass is 219 g/mol. The van der Waals surface area contributed by atoms with Crippen molar-refractivity contribution in [3.05, 3.63) is 46.3 Å². The third-order valence-corrected chi connectivity index (χ3v) is 2.85. The van der Waals surface area contributed by atoms with Crippen molar-refractivity contribution in [1.29, 1.82) is 0 Å². The summed E-state index contributed by atoms with van der Waals surface area (Å²) in [7, 11) is 0. The van der Waals surface area contributed by atoms with Crippen molar-refractivity contribution >= 4 is 23.2 Å². The van der Waals surface area contributed by atoms with E-state index in [0.29, 0.717) is 10.6 Å². The first kappa shape index (κ1) is 9.86.